The van der Waals surface area contributed by atoms with Crippen LogP contribution >= 0.6 is 0 Å². The number of carbonyl (C=O) groups excluding carboxylic acids is 1. The van der Waals surface area contributed by atoms with Gasteiger partial charge in [0.25, 0.3) is 5.92 Å². The molecule has 1 aliphatic heterocycles. The standard InChI is InChI=1S/C16H21F2NO3/c1-11-4-3-5-14(12(11)2)22-7-6-15(21)19-10-16(17,18)8-13(19)9-20/h3-5,13,20H,6-10H2,1-2H3. The van der Waals surface area contributed by atoms with Crippen LogP contribution in [-0.2, 0) is 4.79 Å². The highest BCUT2D eigenvalue weighted by molar-refractivity contribution is 5.77. The Bertz CT molecular complexity index is 548. The van der Waals surface area contributed by atoms with Gasteiger partial charge in [0.1, 0.15) is 5.75 Å². The van der Waals surface area contributed by atoms with Crippen LogP contribution in [0, 0.1) is 13.8 Å². The number of amides is 1. The van der Waals surface area contributed by atoms with Crippen LogP contribution in [0.3, 0.4) is 0 Å². The van der Waals surface area contributed by atoms with Gasteiger partial charge in [0, 0.05) is 6.42 Å². The average Bonchev–Trinajstić information content (AvgIpc) is 2.78. The largest absolute Gasteiger partial charge is 0.493 e. The van der Waals surface area contributed by atoms with Crippen LogP contribution in [0.15, 0.2) is 18.2 Å². The number of aliphatic hydroxyl groups is 1. The predicted octanol–water partition coefficient (Wildman–Crippen LogP) is 2.30. The smallest absolute Gasteiger partial charge is 0.267 e. The summed E-state index contributed by atoms with van der Waals surface area (Å²) < 4.78 is 32.3. The van der Waals surface area contributed by atoms with Gasteiger partial charge < -0.3 is 14.7 Å². The van der Waals surface area contributed by atoms with Crippen LogP contribution in [-0.4, -0.2) is 47.6 Å². The second-order valence-corrected chi connectivity index (χ2v) is 5.71. The third-order valence-electron chi connectivity index (χ3n) is 4.04. The second kappa shape index (κ2) is 6.60. The molecule has 1 aromatic carbocycles. The number of aryl methyl sites for hydroxylation is 1. The van der Waals surface area contributed by atoms with E-state index in [0.717, 1.165) is 16.0 Å². The van der Waals surface area contributed by atoms with Crippen LogP contribution in [0.5, 0.6) is 5.75 Å². The molecule has 1 heterocycles. The summed E-state index contributed by atoms with van der Waals surface area (Å²) in [4.78, 5) is 13.1. The topological polar surface area (TPSA) is 49.8 Å². The Kier molecular flexibility index (Phi) is 5.01. The van der Waals surface area contributed by atoms with Gasteiger partial charge in [-0.15, -0.1) is 0 Å². The van der Waals surface area contributed by atoms with Crippen LogP contribution in [0.1, 0.15) is 24.0 Å². The molecule has 2 rings (SSSR count). The Morgan fingerprint density at radius 2 is 2.18 bits per heavy atom. The summed E-state index contributed by atoms with van der Waals surface area (Å²) in [6, 6.07) is 4.84. The van der Waals surface area contributed by atoms with Gasteiger partial charge in [0.15, 0.2) is 0 Å². The third kappa shape index (κ3) is 3.74. The molecule has 0 spiro atoms. The third-order valence-corrected chi connectivity index (χ3v) is 4.04. The van der Waals surface area contributed by atoms with Gasteiger partial charge in [-0.25, -0.2) is 8.78 Å². The number of aliphatic hydroxyl groups excluding tert-OH is 1. The molecular weight excluding hydrogens is 292 g/mol. The lowest BCUT2D eigenvalue weighted by atomic mass is 10.1. The number of alkyl halides is 2. The maximum Gasteiger partial charge on any atom is 0.267 e. The van der Waals surface area contributed by atoms with Gasteiger partial charge in [-0.05, 0) is 31.0 Å². The molecule has 1 aromatic rings. The van der Waals surface area contributed by atoms with Crippen molar-refractivity contribution in [3.8, 4) is 5.75 Å². The first-order valence-electron chi connectivity index (χ1n) is 7.31. The Morgan fingerprint density at radius 1 is 1.45 bits per heavy atom. The fraction of sp³-hybridized carbons (Fsp3) is 0.562. The van der Waals surface area contributed by atoms with Crippen molar-refractivity contribution < 1.29 is 23.4 Å². The Labute approximate surface area is 128 Å². The first kappa shape index (κ1) is 16.7. The van der Waals surface area contributed by atoms with Crippen molar-refractivity contribution in [2.45, 2.75) is 38.7 Å². The highest BCUT2D eigenvalue weighted by atomic mass is 19.3. The van der Waals surface area contributed by atoms with E-state index in [4.69, 9.17) is 9.84 Å². The Balaban J connectivity index is 1.89. The second-order valence-electron chi connectivity index (χ2n) is 5.71. The van der Waals surface area contributed by atoms with Gasteiger partial charge in [-0.2, -0.15) is 0 Å². The summed E-state index contributed by atoms with van der Waals surface area (Å²) in [5.41, 5.74) is 2.08. The summed E-state index contributed by atoms with van der Waals surface area (Å²) >= 11 is 0. The highest BCUT2D eigenvalue weighted by Gasteiger charge is 2.46. The van der Waals surface area contributed by atoms with E-state index in [1.165, 1.54) is 0 Å². The minimum absolute atomic E-state index is 0.0139. The number of carbonyl (C=O) groups is 1. The zero-order valence-corrected chi connectivity index (χ0v) is 12.8. The predicted molar refractivity (Wildman–Crippen MR) is 78.2 cm³/mol. The van der Waals surface area contributed by atoms with Gasteiger partial charge in [-0.3, -0.25) is 4.79 Å². The monoisotopic (exact) mass is 313 g/mol. The van der Waals surface area contributed by atoms with Crippen molar-refractivity contribution in [2.24, 2.45) is 0 Å². The van der Waals surface area contributed by atoms with Crippen molar-refractivity contribution in [1.82, 2.24) is 4.90 Å². The number of likely N-dealkylation sites (tertiary alicyclic amines) is 1. The zero-order valence-electron chi connectivity index (χ0n) is 12.8. The van der Waals surface area contributed by atoms with Crippen molar-refractivity contribution in [3.63, 3.8) is 0 Å². The quantitative estimate of drug-likeness (QED) is 0.907. The normalized spacial score (nSPS) is 20.2. The van der Waals surface area contributed by atoms with Crippen molar-refractivity contribution in [1.29, 1.82) is 0 Å². The van der Waals surface area contributed by atoms with Gasteiger partial charge >= 0.3 is 0 Å². The number of benzene rings is 1. The number of hydrogen-bond acceptors (Lipinski definition) is 3. The van der Waals surface area contributed by atoms with Crippen molar-refractivity contribution >= 4 is 5.91 Å². The molecule has 0 saturated carbocycles. The molecule has 1 fully saturated rings. The Morgan fingerprint density at radius 3 is 2.86 bits per heavy atom. The number of rotatable bonds is 5. The maximum atomic E-state index is 13.3. The molecule has 4 nitrogen and oxygen atoms in total. The fourth-order valence-electron chi connectivity index (χ4n) is 2.63. The molecule has 1 unspecified atom stereocenters. The highest BCUT2D eigenvalue weighted by Crippen LogP contribution is 2.32. The van der Waals surface area contributed by atoms with E-state index in [9.17, 15) is 13.6 Å². The maximum absolute atomic E-state index is 13.3. The van der Waals surface area contributed by atoms with Crippen LogP contribution in [0.4, 0.5) is 8.78 Å². The van der Waals surface area contributed by atoms with Gasteiger partial charge in [-0.1, -0.05) is 12.1 Å². The molecule has 1 amide bonds. The molecular formula is C16H21F2NO3. The number of nitrogens with zero attached hydrogens (tertiary/aromatic N) is 1. The Hall–Kier alpha value is -1.69. The summed E-state index contributed by atoms with van der Waals surface area (Å²) in [6.07, 6.45) is -0.465. The summed E-state index contributed by atoms with van der Waals surface area (Å²) in [5, 5.41) is 9.13. The molecule has 1 atom stereocenters. The molecule has 0 aromatic heterocycles. The van der Waals surface area contributed by atoms with E-state index in [2.05, 4.69) is 0 Å². The fourth-order valence-corrected chi connectivity index (χ4v) is 2.63. The zero-order chi connectivity index (χ0) is 16.3. The molecule has 6 heteroatoms. The lowest BCUT2D eigenvalue weighted by Gasteiger charge is -2.22. The summed E-state index contributed by atoms with van der Waals surface area (Å²) in [6.45, 7) is 2.95. The van der Waals surface area contributed by atoms with Crippen LogP contribution in [0.25, 0.3) is 0 Å². The average molecular weight is 313 g/mol. The minimum Gasteiger partial charge on any atom is -0.493 e. The van der Waals surface area contributed by atoms with E-state index in [-0.39, 0.29) is 13.0 Å². The van der Waals surface area contributed by atoms with Crippen molar-refractivity contribution in [2.75, 3.05) is 19.8 Å². The summed E-state index contributed by atoms with van der Waals surface area (Å²) in [7, 11) is 0. The molecule has 0 radical (unpaired) electrons. The molecule has 1 N–H and O–H groups in total. The number of ether oxygens (including phenoxy) is 1. The lowest BCUT2D eigenvalue weighted by Crippen LogP contribution is -2.38. The van der Waals surface area contributed by atoms with Gasteiger partial charge in [0.05, 0.1) is 32.2 Å². The molecule has 1 aliphatic rings. The molecule has 122 valence electrons. The summed E-state index contributed by atoms with van der Waals surface area (Å²) in [5.74, 6) is -2.64. The van der Waals surface area contributed by atoms with E-state index in [1.54, 1.807) is 0 Å². The van der Waals surface area contributed by atoms with Crippen LogP contribution < -0.4 is 4.74 Å². The lowest BCUT2D eigenvalue weighted by molar-refractivity contribution is -0.134. The molecule has 1 saturated heterocycles. The first-order valence-corrected chi connectivity index (χ1v) is 7.31. The molecule has 0 bridgehead atoms. The van der Waals surface area contributed by atoms with E-state index < -0.39 is 37.4 Å². The van der Waals surface area contributed by atoms with E-state index >= 15 is 0 Å². The molecule has 0 aliphatic carbocycles. The van der Waals surface area contributed by atoms with E-state index in [1.807, 2.05) is 32.0 Å². The molecule has 22 heavy (non-hydrogen) atoms. The van der Waals surface area contributed by atoms with E-state index in [0.29, 0.717) is 5.75 Å². The SMILES string of the molecule is Cc1cccc(OCCC(=O)N2CC(F)(F)CC2CO)c1C. The van der Waals surface area contributed by atoms with Crippen LogP contribution in [0.2, 0.25) is 0 Å². The number of halogens is 2. The van der Waals surface area contributed by atoms with Crippen molar-refractivity contribution in [3.05, 3.63) is 29.3 Å². The number of hydrogen-bond donors (Lipinski definition) is 1. The first-order chi connectivity index (χ1) is 10.3. The van der Waals surface area contributed by atoms with Gasteiger partial charge in [0.2, 0.25) is 5.91 Å². The minimum atomic E-state index is -2.92.